The summed E-state index contributed by atoms with van der Waals surface area (Å²) in [7, 11) is 1.39. The molecule has 0 radical (unpaired) electrons. The first-order valence-electron chi connectivity index (χ1n) is 6.40. The normalized spacial score (nSPS) is 9.44. The van der Waals surface area contributed by atoms with E-state index in [-0.39, 0.29) is 5.97 Å². The Balaban J connectivity index is 0.00000137. The van der Waals surface area contributed by atoms with Gasteiger partial charge in [-0.25, -0.2) is 0 Å². The van der Waals surface area contributed by atoms with E-state index >= 15 is 0 Å². The topological polar surface area (TPSA) is 35.5 Å². The monoisotopic (exact) mass is 252 g/mol. The molecule has 3 heteroatoms. The molecule has 0 saturated heterocycles. The third-order valence-electron chi connectivity index (χ3n) is 2.08. The van der Waals surface area contributed by atoms with Crippen molar-refractivity contribution in [2.24, 2.45) is 5.92 Å². The smallest absolute Gasteiger partial charge is 0.309 e. The molecular weight excluding hydrogens is 228 g/mol. The molecule has 0 heterocycles. The molecule has 0 saturated carbocycles. The Kier molecular flexibility index (Phi) is 8.71. The number of carbonyl (C=O) groups is 1. The molecule has 0 aliphatic carbocycles. The van der Waals surface area contributed by atoms with Crippen LogP contribution in [-0.2, 0) is 16.0 Å². The van der Waals surface area contributed by atoms with Crippen LogP contribution in [0.3, 0.4) is 0 Å². The van der Waals surface area contributed by atoms with Crippen LogP contribution in [0, 0.1) is 5.92 Å². The zero-order valence-corrected chi connectivity index (χ0v) is 12.0. The highest BCUT2D eigenvalue weighted by Crippen LogP contribution is 2.13. The van der Waals surface area contributed by atoms with Crippen molar-refractivity contribution < 1.29 is 14.3 Å². The van der Waals surface area contributed by atoms with Gasteiger partial charge in [0.15, 0.2) is 0 Å². The molecule has 0 aromatic heterocycles. The number of rotatable bonds is 5. The van der Waals surface area contributed by atoms with Crippen molar-refractivity contribution in [1.82, 2.24) is 0 Å². The van der Waals surface area contributed by atoms with Gasteiger partial charge in [-0.15, -0.1) is 0 Å². The van der Waals surface area contributed by atoms with Gasteiger partial charge >= 0.3 is 5.97 Å². The Labute approximate surface area is 110 Å². The first-order valence-corrected chi connectivity index (χ1v) is 6.40. The molecule has 1 aromatic rings. The van der Waals surface area contributed by atoms with E-state index in [0.717, 1.165) is 11.3 Å². The summed E-state index contributed by atoms with van der Waals surface area (Å²) in [5.74, 6) is 1.12. The first kappa shape index (κ1) is 16.5. The summed E-state index contributed by atoms with van der Waals surface area (Å²) in [6.45, 7) is 8.91. The van der Waals surface area contributed by atoms with E-state index in [9.17, 15) is 4.79 Å². The lowest BCUT2D eigenvalue weighted by atomic mass is 10.1. The molecule has 0 N–H and O–H groups in total. The van der Waals surface area contributed by atoms with E-state index < -0.39 is 0 Å². The van der Waals surface area contributed by atoms with Crippen LogP contribution < -0.4 is 4.74 Å². The van der Waals surface area contributed by atoms with Crippen molar-refractivity contribution in [1.29, 1.82) is 0 Å². The standard InChI is InChI=1S/C13H18O3.C2H6/c1-10(2)9-16-12-6-4-11(5-7-12)8-13(14)15-3;1-2/h4-7,10H,8-9H2,1-3H3;1-2H3. The molecule has 3 nitrogen and oxygen atoms in total. The van der Waals surface area contributed by atoms with Crippen LogP contribution in [0.15, 0.2) is 24.3 Å². The average Bonchev–Trinajstić information content (AvgIpc) is 2.40. The number of carbonyl (C=O) groups excluding carboxylic acids is 1. The number of benzene rings is 1. The first-order chi connectivity index (χ1) is 8.61. The number of hydrogen-bond acceptors (Lipinski definition) is 3. The van der Waals surface area contributed by atoms with Crippen LogP contribution in [-0.4, -0.2) is 19.7 Å². The summed E-state index contributed by atoms with van der Waals surface area (Å²) in [6, 6.07) is 7.51. The van der Waals surface area contributed by atoms with E-state index in [0.29, 0.717) is 18.9 Å². The van der Waals surface area contributed by atoms with Crippen LogP contribution in [0.1, 0.15) is 33.3 Å². The lowest BCUT2D eigenvalue weighted by Crippen LogP contribution is -2.06. The van der Waals surface area contributed by atoms with Gasteiger partial charge in [0, 0.05) is 0 Å². The molecule has 0 spiro atoms. The van der Waals surface area contributed by atoms with Crippen molar-refractivity contribution in [3.8, 4) is 5.75 Å². The number of esters is 1. The summed E-state index contributed by atoms with van der Waals surface area (Å²) >= 11 is 0. The quantitative estimate of drug-likeness (QED) is 0.753. The van der Waals surface area contributed by atoms with Crippen LogP contribution in [0.4, 0.5) is 0 Å². The molecule has 0 bridgehead atoms. The molecular formula is C15H24O3. The molecule has 0 atom stereocenters. The predicted octanol–water partition coefficient (Wildman–Crippen LogP) is 3.46. The van der Waals surface area contributed by atoms with Crippen LogP contribution in [0.2, 0.25) is 0 Å². The molecule has 18 heavy (non-hydrogen) atoms. The van der Waals surface area contributed by atoms with Gasteiger partial charge in [-0.3, -0.25) is 4.79 Å². The Morgan fingerprint density at radius 2 is 1.72 bits per heavy atom. The van der Waals surface area contributed by atoms with Gasteiger partial charge in [0.25, 0.3) is 0 Å². The van der Waals surface area contributed by atoms with E-state index in [1.165, 1.54) is 7.11 Å². The number of hydrogen-bond donors (Lipinski definition) is 0. The van der Waals surface area contributed by atoms with E-state index in [1.807, 2.05) is 38.1 Å². The maximum Gasteiger partial charge on any atom is 0.309 e. The Morgan fingerprint density at radius 1 is 1.17 bits per heavy atom. The SMILES string of the molecule is CC.COC(=O)Cc1ccc(OCC(C)C)cc1. The summed E-state index contributed by atoms with van der Waals surface area (Å²) in [6.07, 6.45) is 0.307. The van der Waals surface area contributed by atoms with Crippen LogP contribution in [0.5, 0.6) is 5.75 Å². The van der Waals surface area contributed by atoms with Gasteiger partial charge in [-0.2, -0.15) is 0 Å². The third-order valence-corrected chi connectivity index (χ3v) is 2.08. The summed E-state index contributed by atoms with van der Waals surface area (Å²) < 4.78 is 10.1. The highest BCUT2D eigenvalue weighted by atomic mass is 16.5. The van der Waals surface area contributed by atoms with E-state index in [2.05, 4.69) is 18.6 Å². The van der Waals surface area contributed by atoms with Gasteiger partial charge in [-0.05, 0) is 23.6 Å². The van der Waals surface area contributed by atoms with Crippen LogP contribution in [0.25, 0.3) is 0 Å². The minimum Gasteiger partial charge on any atom is -0.493 e. The number of methoxy groups -OCH3 is 1. The highest BCUT2D eigenvalue weighted by Gasteiger charge is 2.03. The van der Waals surface area contributed by atoms with Gasteiger partial charge in [0.1, 0.15) is 5.75 Å². The second-order valence-corrected chi connectivity index (χ2v) is 4.10. The fraction of sp³-hybridized carbons (Fsp3) is 0.533. The van der Waals surface area contributed by atoms with Gasteiger partial charge in [0.05, 0.1) is 20.1 Å². The minimum atomic E-state index is -0.226. The summed E-state index contributed by atoms with van der Waals surface area (Å²) in [5.41, 5.74) is 0.934. The molecule has 0 aliphatic rings. The highest BCUT2D eigenvalue weighted by molar-refractivity contribution is 5.72. The summed E-state index contributed by atoms with van der Waals surface area (Å²) in [5, 5.41) is 0. The van der Waals surface area contributed by atoms with Gasteiger partial charge in [0.2, 0.25) is 0 Å². The Hall–Kier alpha value is -1.51. The maximum absolute atomic E-state index is 11.0. The van der Waals surface area contributed by atoms with Crippen molar-refractivity contribution in [3.63, 3.8) is 0 Å². The molecule has 0 fully saturated rings. The lowest BCUT2D eigenvalue weighted by Gasteiger charge is -2.08. The van der Waals surface area contributed by atoms with Crippen molar-refractivity contribution >= 4 is 5.97 Å². The third kappa shape index (κ3) is 6.94. The van der Waals surface area contributed by atoms with E-state index in [1.54, 1.807) is 0 Å². The van der Waals surface area contributed by atoms with Crippen LogP contribution >= 0.6 is 0 Å². The van der Waals surface area contributed by atoms with E-state index in [4.69, 9.17) is 4.74 Å². The molecule has 1 aromatic carbocycles. The van der Waals surface area contributed by atoms with Crippen molar-refractivity contribution in [2.75, 3.05) is 13.7 Å². The minimum absolute atomic E-state index is 0.226. The van der Waals surface area contributed by atoms with Gasteiger partial charge in [-0.1, -0.05) is 39.8 Å². The second-order valence-electron chi connectivity index (χ2n) is 4.10. The molecule has 0 aliphatic heterocycles. The second kappa shape index (κ2) is 9.51. The van der Waals surface area contributed by atoms with Gasteiger partial charge < -0.3 is 9.47 Å². The van der Waals surface area contributed by atoms with Crippen molar-refractivity contribution in [2.45, 2.75) is 34.1 Å². The molecule has 0 unspecified atom stereocenters. The fourth-order valence-electron chi connectivity index (χ4n) is 1.21. The maximum atomic E-state index is 11.0. The zero-order valence-electron chi connectivity index (χ0n) is 12.0. The molecule has 1 rings (SSSR count). The average molecular weight is 252 g/mol. The largest absolute Gasteiger partial charge is 0.493 e. The predicted molar refractivity (Wildman–Crippen MR) is 73.8 cm³/mol. The Bertz CT molecular complexity index is 328. The molecule has 0 amide bonds. The number of ether oxygens (including phenoxy) is 2. The van der Waals surface area contributed by atoms with Crippen molar-refractivity contribution in [3.05, 3.63) is 29.8 Å². The molecule has 102 valence electrons. The summed E-state index contributed by atoms with van der Waals surface area (Å²) in [4.78, 5) is 11.0. The zero-order chi connectivity index (χ0) is 14.0. The Morgan fingerprint density at radius 3 is 2.17 bits per heavy atom. The fourth-order valence-corrected chi connectivity index (χ4v) is 1.21. The lowest BCUT2D eigenvalue weighted by molar-refractivity contribution is -0.139.